The molecule has 0 saturated carbocycles. The second kappa shape index (κ2) is 8.73. The predicted molar refractivity (Wildman–Crippen MR) is 118 cm³/mol. The second-order valence-corrected chi connectivity index (χ2v) is 7.86. The van der Waals surface area contributed by atoms with Crippen molar-refractivity contribution < 1.29 is 22.0 Å². The summed E-state index contributed by atoms with van der Waals surface area (Å²) in [5.41, 5.74) is 1.97. The quantitative estimate of drug-likeness (QED) is 0.272. The normalized spacial score (nSPS) is 11.8. The van der Waals surface area contributed by atoms with Crippen molar-refractivity contribution in [3.8, 4) is 22.3 Å². The van der Waals surface area contributed by atoms with Gasteiger partial charge in [-0.3, -0.25) is 0 Å². The maximum atomic E-state index is 15.2. The van der Waals surface area contributed by atoms with Crippen molar-refractivity contribution in [2.24, 2.45) is 0 Å². The van der Waals surface area contributed by atoms with Crippen LogP contribution < -0.4 is 0 Å². The molecule has 0 spiro atoms. The number of halogens is 5. The largest absolute Gasteiger partial charge is 0.419 e. The highest BCUT2D eigenvalue weighted by Gasteiger charge is 2.34. The Hall–Kier alpha value is -3.21. The van der Waals surface area contributed by atoms with Crippen molar-refractivity contribution in [1.82, 2.24) is 0 Å². The molecule has 32 heavy (non-hydrogen) atoms. The molecular weight excluding hydrogens is 419 g/mol. The summed E-state index contributed by atoms with van der Waals surface area (Å²) in [5, 5.41) is 0.984. The topological polar surface area (TPSA) is 0 Å². The van der Waals surface area contributed by atoms with Crippen molar-refractivity contribution >= 4 is 10.8 Å². The molecule has 4 aromatic carbocycles. The van der Waals surface area contributed by atoms with Gasteiger partial charge in [0.05, 0.1) is 5.56 Å². The van der Waals surface area contributed by atoms with Gasteiger partial charge in [0.25, 0.3) is 0 Å². The van der Waals surface area contributed by atoms with Crippen LogP contribution in [0.3, 0.4) is 0 Å². The predicted octanol–water partition coefficient (Wildman–Crippen LogP) is 8.81. The number of hydrogen-bond donors (Lipinski definition) is 0. The number of fused-ring (bicyclic) bond motifs is 1. The molecule has 4 aromatic rings. The van der Waals surface area contributed by atoms with E-state index < -0.39 is 23.4 Å². The van der Waals surface area contributed by atoms with E-state index in [0.29, 0.717) is 16.8 Å². The molecule has 0 amide bonds. The minimum absolute atomic E-state index is 0.0538. The van der Waals surface area contributed by atoms with Crippen LogP contribution in [0.4, 0.5) is 22.0 Å². The maximum absolute atomic E-state index is 15.2. The van der Waals surface area contributed by atoms with Gasteiger partial charge >= 0.3 is 6.18 Å². The molecule has 164 valence electrons. The van der Waals surface area contributed by atoms with E-state index in [2.05, 4.69) is 19.1 Å². The Bertz CT molecular complexity index is 1250. The summed E-state index contributed by atoms with van der Waals surface area (Å²) in [6.07, 6.45) is -1.49. The number of rotatable bonds is 5. The highest BCUT2D eigenvalue weighted by atomic mass is 19.4. The van der Waals surface area contributed by atoms with Gasteiger partial charge in [-0.25, -0.2) is 8.78 Å². The average molecular weight is 440 g/mol. The lowest BCUT2D eigenvalue weighted by atomic mass is 9.96. The standard InChI is InChI=1S/C27H21F5/c1-2-3-4-17-5-7-18(8-6-17)19-9-12-22-20(15-19)10-13-23(26(22)29)21-11-14-24(25(28)16-21)27(30,31)32/h5-16H,2-4H2,1H3. The first-order valence-corrected chi connectivity index (χ1v) is 10.5. The molecule has 0 aliphatic rings. The van der Waals surface area contributed by atoms with E-state index in [4.69, 9.17) is 0 Å². The average Bonchev–Trinajstić information content (AvgIpc) is 2.77. The maximum Gasteiger partial charge on any atom is 0.419 e. The van der Waals surface area contributed by atoms with Gasteiger partial charge in [0, 0.05) is 10.9 Å². The lowest BCUT2D eigenvalue weighted by Gasteiger charge is -2.12. The molecular formula is C27H21F5. The zero-order chi connectivity index (χ0) is 22.9. The van der Waals surface area contributed by atoms with Gasteiger partial charge < -0.3 is 0 Å². The van der Waals surface area contributed by atoms with E-state index in [1.165, 1.54) is 11.6 Å². The number of hydrogen-bond acceptors (Lipinski definition) is 0. The van der Waals surface area contributed by atoms with Gasteiger partial charge in [-0.15, -0.1) is 0 Å². The first-order valence-electron chi connectivity index (χ1n) is 10.5. The van der Waals surface area contributed by atoms with Crippen molar-refractivity contribution in [3.63, 3.8) is 0 Å². The Morgan fingerprint density at radius 1 is 0.719 bits per heavy atom. The molecule has 0 nitrogen and oxygen atoms in total. The SMILES string of the molecule is CCCCc1ccc(-c2ccc3c(F)c(-c4ccc(C(F)(F)F)c(F)c4)ccc3c2)cc1. The number of aryl methyl sites for hydroxylation is 1. The zero-order valence-corrected chi connectivity index (χ0v) is 17.4. The lowest BCUT2D eigenvalue weighted by molar-refractivity contribution is -0.139. The fraction of sp³-hybridized carbons (Fsp3) is 0.185. The molecule has 4 rings (SSSR count). The van der Waals surface area contributed by atoms with Crippen LogP contribution in [-0.4, -0.2) is 0 Å². The summed E-state index contributed by atoms with van der Waals surface area (Å²) in [6.45, 7) is 2.15. The fourth-order valence-electron chi connectivity index (χ4n) is 3.85. The van der Waals surface area contributed by atoms with Gasteiger partial charge in [-0.1, -0.05) is 67.9 Å². The number of unbranched alkanes of at least 4 members (excludes halogenated alkanes) is 1. The molecule has 0 aliphatic heterocycles. The number of benzene rings is 4. The fourth-order valence-corrected chi connectivity index (χ4v) is 3.85. The van der Waals surface area contributed by atoms with E-state index in [9.17, 15) is 17.6 Å². The van der Waals surface area contributed by atoms with Gasteiger partial charge in [-0.2, -0.15) is 13.2 Å². The minimum Gasteiger partial charge on any atom is -0.206 e. The van der Waals surface area contributed by atoms with Crippen LogP contribution in [0.15, 0.2) is 72.8 Å². The summed E-state index contributed by atoms with van der Waals surface area (Å²) >= 11 is 0. The Morgan fingerprint density at radius 3 is 2.06 bits per heavy atom. The van der Waals surface area contributed by atoms with Gasteiger partial charge in [0.15, 0.2) is 0 Å². The van der Waals surface area contributed by atoms with Gasteiger partial charge in [-0.05, 0) is 58.7 Å². The van der Waals surface area contributed by atoms with Gasteiger partial charge in [0.1, 0.15) is 11.6 Å². The molecule has 0 atom stereocenters. The first kappa shape index (κ1) is 22.0. The van der Waals surface area contributed by atoms with Crippen molar-refractivity contribution in [2.45, 2.75) is 32.4 Å². The van der Waals surface area contributed by atoms with E-state index in [1.54, 1.807) is 12.1 Å². The molecule has 0 saturated heterocycles. The molecule has 0 aliphatic carbocycles. The minimum atomic E-state index is -4.80. The van der Waals surface area contributed by atoms with Crippen LogP contribution in [0.25, 0.3) is 33.0 Å². The van der Waals surface area contributed by atoms with Crippen LogP contribution in [0.1, 0.15) is 30.9 Å². The summed E-state index contributed by atoms with van der Waals surface area (Å²) in [4.78, 5) is 0. The summed E-state index contributed by atoms with van der Waals surface area (Å²) in [6, 6.07) is 19.2. The van der Waals surface area contributed by atoms with Crippen LogP contribution in [0, 0.1) is 11.6 Å². The van der Waals surface area contributed by atoms with E-state index in [0.717, 1.165) is 42.5 Å². The third-order valence-electron chi connectivity index (χ3n) is 5.65. The molecule has 0 unspecified atom stereocenters. The Kier molecular flexibility index (Phi) is 6.00. The summed E-state index contributed by atoms with van der Waals surface area (Å²) in [7, 11) is 0. The zero-order valence-electron chi connectivity index (χ0n) is 17.4. The van der Waals surface area contributed by atoms with Crippen LogP contribution in [-0.2, 0) is 12.6 Å². The highest BCUT2D eigenvalue weighted by Crippen LogP contribution is 2.36. The number of alkyl halides is 3. The van der Waals surface area contributed by atoms with E-state index >= 15 is 4.39 Å². The molecule has 0 N–H and O–H groups in total. The Morgan fingerprint density at radius 2 is 1.41 bits per heavy atom. The molecule has 5 heteroatoms. The van der Waals surface area contributed by atoms with Crippen LogP contribution >= 0.6 is 0 Å². The third-order valence-corrected chi connectivity index (χ3v) is 5.65. The molecule has 0 radical (unpaired) electrons. The van der Waals surface area contributed by atoms with Crippen molar-refractivity contribution in [2.75, 3.05) is 0 Å². The lowest BCUT2D eigenvalue weighted by Crippen LogP contribution is -2.07. The third kappa shape index (κ3) is 4.38. The van der Waals surface area contributed by atoms with Crippen molar-refractivity contribution in [1.29, 1.82) is 0 Å². The molecule has 0 aromatic heterocycles. The smallest absolute Gasteiger partial charge is 0.206 e. The molecule has 0 bridgehead atoms. The van der Waals surface area contributed by atoms with E-state index in [-0.39, 0.29) is 11.1 Å². The van der Waals surface area contributed by atoms with Gasteiger partial charge in [0.2, 0.25) is 0 Å². The van der Waals surface area contributed by atoms with Crippen LogP contribution in [0.5, 0.6) is 0 Å². The molecule has 0 fully saturated rings. The summed E-state index contributed by atoms with van der Waals surface area (Å²) < 4.78 is 67.6. The van der Waals surface area contributed by atoms with E-state index in [1.807, 2.05) is 24.3 Å². The van der Waals surface area contributed by atoms with Crippen molar-refractivity contribution in [3.05, 3.63) is 95.6 Å². The second-order valence-electron chi connectivity index (χ2n) is 7.86. The summed E-state index contributed by atoms with van der Waals surface area (Å²) in [5.74, 6) is -2.02. The first-order chi connectivity index (χ1) is 15.3. The molecule has 0 heterocycles. The Labute approximate surface area is 183 Å². The highest BCUT2D eigenvalue weighted by molar-refractivity contribution is 5.91. The Balaban J connectivity index is 1.68. The van der Waals surface area contributed by atoms with Crippen LogP contribution in [0.2, 0.25) is 0 Å². The monoisotopic (exact) mass is 440 g/mol.